The summed E-state index contributed by atoms with van der Waals surface area (Å²) in [5, 5.41) is 40.3. The van der Waals surface area contributed by atoms with Crippen molar-refractivity contribution < 1.29 is 38.0 Å². The Hall–Kier alpha value is -4.79. The fraction of sp³-hybridized carbons (Fsp3) is 0.622. The summed E-state index contributed by atoms with van der Waals surface area (Å²) < 4.78 is 52.0. The molecule has 1 amide bonds. The lowest BCUT2D eigenvalue weighted by molar-refractivity contribution is -0.0481. The number of hydrogen-bond acceptors (Lipinski definition) is 13. The van der Waals surface area contributed by atoms with Crippen LogP contribution >= 0.6 is 0 Å². The van der Waals surface area contributed by atoms with Gasteiger partial charge in [0, 0.05) is 45.1 Å². The van der Waals surface area contributed by atoms with Gasteiger partial charge in [-0.1, -0.05) is 6.07 Å². The van der Waals surface area contributed by atoms with Gasteiger partial charge in [-0.3, -0.25) is 19.5 Å². The fourth-order valence-corrected chi connectivity index (χ4v) is 10.4. The number of carbonyl (C=O) groups excluding carboxylic acids is 1. The molecule has 2 saturated carbocycles. The molecular weight excluding hydrogens is 829 g/mol. The number of anilines is 2. The van der Waals surface area contributed by atoms with E-state index in [9.17, 15) is 23.8 Å². The van der Waals surface area contributed by atoms with Gasteiger partial charge in [0.1, 0.15) is 29.6 Å². The van der Waals surface area contributed by atoms with Crippen LogP contribution in [0.15, 0.2) is 42.9 Å². The zero-order valence-corrected chi connectivity index (χ0v) is 36.3. The molecule has 7 heterocycles. The molecule has 3 aliphatic heterocycles. The van der Waals surface area contributed by atoms with Crippen molar-refractivity contribution in [1.29, 1.82) is 0 Å². The predicted octanol–water partition coefficient (Wildman–Crippen LogP) is 5.24. The number of ether oxygens (including phenoxy) is 3. The van der Waals surface area contributed by atoms with E-state index in [4.69, 9.17) is 19.3 Å². The van der Waals surface area contributed by atoms with Gasteiger partial charge in [-0.2, -0.15) is 15.3 Å². The maximum Gasteiger partial charge on any atom is 0.284 e. The molecule has 3 saturated heterocycles. The van der Waals surface area contributed by atoms with Crippen LogP contribution in [0.5, 0.6) is 5.75 Å². The van der Waals surface area contributed by atoms with Gasteiger partial charge < -0.3 is 39.5 Å². The normalized spacial score (nSPS) is 27.3. The van der Waals surface area contributed by atoms with Crippen LogP contribution in [0.3, 0.4) is 0 Å². The molecule has 1 aromatic carbocycles. The monoisotopic (exact) mass is 887 g/mol. The minimum atomic E-state index is -2.84. The number of carbonyl (C=O) groups is 1. The standard InChI is InChI=1S/C45H59F2N11O6/c1-27-40-35(58(52-27)36-9-10-39(59)51-45(36)61)3-2-4-37(40)64-32-21-29(22-32)26-63-31-11-14-54(15-12-31)24-28-5-7-30(8-6-28)57-25-34(41(53-57)42(46)47)49-44(60)33-23-48-56-16-13-38(50-43(33)56)55-17-19-62-20-18-55/h2-4,13,16,23,25,28-32,36,39,42,45,51,59,61H,5-12,14-15,17-22,24,26H2,1H3,(H,49,60)/t28?,29?,30?,32?,36-,39-,45-/m1/s1. The molecule has 0 radical (unpaired) electrons. The number of rotatable bonds is 13. The summed E-state index contributed by atoms with van der Waals surface area (Å²) in [7, 11) is 0. The Morgan fingerprint density at radius 1 is 0.969 bits per heavy atom. The van der Waals surface area contributed by atoms with E-state index in [0.717, 1.165) is 100.0 Å². The second-order valence-electron chi connectivity index (χ2n) is 18.4. The highest BCUT2D eigenvalue weighted by Gasteiger charge is 2.35. The maximum absolute atomic E-state index is 14.3. The van der Waals surface area contributed by atoms with Gasteiger partial charge in [0.05, 0.1) is 72.6 Å². The van der Waals surface area contributed by atoms with Crippen LogP contribution in [0, 0.1) is 18.8 Å². The number of nitrogens with one attached hydrogen (secondary N) is 2. The van der Waals surface area contributed by atoms with Crippen molar-refractivity contribution in [3.05, 3.63) is 59.8 Å². The number of aliphatic hydroxyl groups excluding tert-OH is 2. The number of morpholine rings is 1. The number of hydrogen-bond donors (Lipinski definition) is 4. The highest BCUT2D eigenvalue weighted by atomic mass is 19.3. The van der Waals surface area contributed by atoms with E-state index in [1.807, 2.05) is 35.9 Å². The van der Waals surface area contributed by atoms with E-state index in [-0.39, 0.29) is 35.5 Å². The van der Waals surface area contributed by atoms with E-state index in [0.29, 0.717) is 62.4 Å². The first-order valence-electron chi connectivity index (χ1n) is 23.1. The lowest BCUT2D eigenvalue weighted by atomic mass is 9.83. The average Bonchev–Trinajstić information content (AvgIpc) is 4.01. The summed E-state index contributed by atoms with van der Waals surface area (Å²) in [6.07, 6.45) is 9.39. The highest BCUT2D eigenvalue weighted by Crippen LogP contribution is 2.39. The smallest absolute Gasteiger partial charge is 0.284 e. The Kier molecular flexibility index (Phi) is 12.5. The molecule has 4 N–H and O–H groups in total. The minimum Gasteiger partial charge on any atom is -0.490 e. The molecule has 4 aromatic heterocycles. The fourth-order valence-electron chi connectivity index (χ4n) is 10.4. The van der Waals surface area contributed by atoms with Crippen molar-refractivity contribution >= 4 is 34.0 Å². The number of aliphatic hydroxyl groups is 2. The predicted molar refractivity (Wildman–Crippen MR) is 233 cm³/mol. The van der Waals surface area contributed by atoms with Crippen molar-refractivity contribution in [3.63, 3.8) is 0 Å². The van der Waals surface area contributed by atoms with E-state index in [2.05, 4.69) is 35.6 Å². The molecular formula is C45H59F2N11O6. The lowest BCUT2D eigenvalue weighted by Gasteiger charge is -2.39. The molecule has 2 aliphatic carbocycles. The summed E-state index contributed by atoms with van der Waals surface area (Å²) in [6, 6.07) is 7.54. The van der Waals surface area contributed by atoms with Crippen molar-refractivity contribution in [2.75, 3.05) is 62.8 Å². The number of fused-ring (bicyclic) bond motifs is 2. The van der Waals surface area contributed by atoms with Crippen LogP contribution < -0.4 is 20.3 Å². The summed E-state index contributed by atoms with van der Waals surface area (Å²) in [5.41, 5.74) is 1.90. The molecule has 64 heavy (non-hydrogen) atoms. The van der Waals surface area contributed by atoms with E-state index >= 15 is 0 Å². The van der Waals surface area contributed by atoms with E-state index < -0.39 is 30.5 Å². The quantitative estimate of drug-likeness (QED) is 0.121. The average molecular weight is 888 g/mol. The topological polar surface area (TPSA) is 182 Å². The van der Waals surface area contributed by atoms with Crippen LogP contribution in [0.1, 0.15) is 104 Å². The number of nitrogens with zero attached hydrogens (tertiary/aromatic N) is 9. The van der Waals surface area contributed by atoms with Gasteiger partial charge in [-0.05, 0) is 101 Å². The van der Waals surface area contributed by atoms with Crippen LogP contribution in [-0.2, 0) is 9.47 Å². The Labute approximate surface area is 370 Å². The zero-order valence-electron chi connectivity index (χ0n) is 36.3. The number of amides is 1. The number of alkyl halides is 2. The molecule has 3 atom stereocenters. The van der Waals surface area contributed by atoms with Crippen LogP contribution in [-0.4, -0.2) is 132 Å². The Morgan fingerprint density at radius 3 is 2.53 bits per heavy atom. The third kappa shape index (κ3) is 9.07. The first kappa shape index (κ1) is 43.1. The van der Waals surface area contributed by atoms with Crippen LogP contribution in [0.4, 0.5) is 20.3 Å². The van der Waals surface area contributed by atoms with Gasteiger partial charge in [0.25, 0.3) is 12.3 Å². The molecule has 19 heteroatoms. The Bertz CT molecular complexity index is 2400. The Morgan fingerprint density at radius 2 is 1.77 bits per heavy atom. The largest absolute Gasteiger partial charge is 0.490 e. The SMILES string of the molecule is Cc1nn([C@@H]2CC[C@@H](O)N[C@@H]2O)c2cccc(OC3CC(COC4CCN(CC5CCC(n6cc(NC(=O)c7cnn8ccc(N9CCOCC9)nc78)c(C(F)F)n6)CC5)CC4)C3)c12. The molecule has 0 unspecified atom stereocenters. The van der Waals surface area contributed by atoms with Gasteiger partial charge in [0.2, 0.25) is 0 Å². The number of likely N-dealkylation sites (tertiary alicyclic amines) is 1. The van der Waals surface area contributed by atoms with Crippen molar-refractivity contribution in [1.82, 2.24) is 44.4 Å². The molecule has 344 valence electrons. The second-order valence-corrected chi connectivity index (χ2v) is 18.4. The van der Waals surface area contributed by atoms with Crippen molar-refractivity contribution in [2.24, 2.45) is 11.8 Å². The van der Waals surface area contributed by atoms with Gasteiger partial charge in [-0.15, -0.1) is 0 Å². The number of piperidine rings is 2. The van der Waals surface area contributed by atoms with Crippen LogP contribution in [0.2, 0.25) is 0 Å². The summed E-state index contributed by atoms with van der Waals surface area (Å²) >= 11 is 0. The minimum absolute atomic E-state index is 0.00730. The lowest BCUT2D eigenvalue weighted by Crippen LogP contribution is -2.48. The first-order valence-corrected chi connectivity index (χ1v) is 23.1. The zero-order chi connectivity index (χ0) is 43.9. The van der Waals surface area contributed by atoms with Gasteiger partial charge in [-0.25, -0.2) is 18.3 Å². The molecule has 0 bridgehead atoms. The Balaban J connectivity index is 0.655. The number of halogens is 2. The number of aryl methyl sites for hydroxylation is 1. The molecule has 5 fully saturated rings. The van der Waals surface area contributed by atoms with E-state index in [1.54, 1.807) is 17.1 Å². The first-order chi connectivity index (χ1) is 31.1. The molecule has 5 aliphatic rings. The van der Waals surface area contributed by atoms with Gasteiger partial charge in [0.15, 0.2) is 11.3 Å². The second kappa shape index (κ2) is 18.6. The summed E-state index contributed by atoms with van der Waals surface area (Å²) in [6.45, 7) is 8.30. The molecule has 5 aromatic rings. The van der Waals surface area contributed by atoms with Gasteiger partial charge >= 0.3 is 0 Å². The van der Waals surface area contributed by atoms with Crippen molar-refractivity contribution in [2.45, 2.75) is 114 Å². The van der Waals surface area contributed by atoms with Crippen LogP contribution in [0.25, 0.3) is 16.6 Å². The maximum atomic E-state index is 14.3. The summed E-state index contributed by atoms with van der Waals surface area (Å²) in [4.78, 5) is 22.8. The molecule has 0 spiro atoms. The number of benzene rings is 1. The molecule has 17 nitrogen and oxygen atoms in total. The molecule has 10 rings (SSSR count). The van der Waals surface area contributed by atoms with Crippen molar-refractivity contribution in [3.8, 4) is 5.75 Å². The highest BCUT2D eigenvalue weighted by molar-refractivity contribution is 6.08. The summed E-state index contributed by atoms with van der Waals surface area (Å²) in [5.74, 6) is 1.96. The van der Waals surface area contributed by atoms with E-state index in [1.165, 1.54) is 10.7 Å². The third-order valence-electron chi connectivity index (χ3n) is 14.1. The third-order valence-corrected chi connectivity index (χ3v) is 14.1. The number of aromatic nitrogens is 7.